The maximum absolute atomic E-state index is 12.6. The smallest absolute Gasteiger partial charge is 0.416 e. The molecule has 0 aromatic heterocycles. The molecule has 1 heterocycles. The number of hydrogen-bond donors (Lipinski definition) is 1. The van der Waals surface area contributed by atoms with Gasteiger partial charge in [0.25, 0.3) is 0 Å². The molecule has 6 nitrogen and oxygen atoms in total. The molecule has 0 bridgehead atoms. The molecule has 0 atom stereocenters. The number of rotatable bonds is 6. The summed E-state index contributed by atoms with van der Waals surface area (Å²) >= 11 is 0. The van der Waals surface area contributed by atoms with E-state index in [4.69, 9.17) is 9.47 Å². The van der Waals surface area contributed by atoms with Crippen LogP contribution in [0.1, 0.15) is 18.1 Å². The largest absolute Gasteiger partial charge is 0.486 e. The standard InChI is InChI=1S/C21H21F3N2O4/c1-2-26(20(28)11-14-3-5-15(6-4-14)21(22,23)24)13-19(27)25-16-7-8-17-18(12-16)30-10-9-29-17/h3-8,12H,2,9-11,13H2,1H3,(H,25,27). The van der Waals surface area contributed by atoms with Crippen LogP contribution < -0.4 is 14.8 Å². The summed E-state index contributed by atoms with van der Waals surface area (Å²) in [4.78, 5) is 26.2. The Morgan fingerprint density at radius 1 is 1.03 bits per heavy atom. The third-order valence-electron chi connectivity index (χ3n) is 4.53. The predicted molar refractivity (Wildman–Crippen MR) is 103 cm³/mol. The van der Waals surface area contributed by atoms with E-state index < -0.39 is 17.6 Å². The van der Waals surface area contributed by atoms with Crippen LogP contribution in [0.25, 0.3) is 0 Å². The third kappa shape index (κ3) is 5.43. The maximum atomic E-state index is 12.6. The molecule has 160 valence electrons. The molecule has 1 N–H and O–H groups in total. The van der Waals surface area contributed by atoms with Gasteiger partial charge in [-0.05, 0) is 36.8 Å². The molecular formula is C21H21F3N2O4. The molecular weight excluding hydrogens is 401 g/mol. The number of anilines is 1. The van der Waals surface area contributed by atoms with E-state index in [1.165, 1.54) is 17.0 Å². The number of nitrogens with zero attached hydrogens (tertiary/aromatic N) is 1. The number of hydrogen-bond acceptors (Lipinski definition) is 4. The molecule has 9 heteroatoms. The predicted octanol–water partition coefficient (Wildman–Crippen LogP) is 3.51. The Balaban J connectivity index is 1.57. The Labute approximate surface area is 171 Å². The van der Waals surface area contributed by atoms with Crippen molar-refractivity contribution in [1.29, 1.82) is 0 Å². The van der Waals surface area contributed by atoms with Gasteiger partial charge in [0, 0.05) is 18.3 Å². The highest BCUT2D eigenvalue weighted by Gasteiger charge is 2.30. The van der Waals surface area contributed by atoms with Crippen LogP contribution in [0.15, 0.2) is 42.5 Å². The molecule has 0 aliphatic carbocycles. The summed E-state index contributed by atoms with van der Waals surface area (Å²) in [6.45, 7) is 2.72. The highest BCUT2D eigenvalue weighted by molar-refractivity contribution is 5.95. The van der Waals surface area contributed by atoms with Crippen LogP contribution in [0.3, 0.4) is 0 Å². The van der Waals surface area contributed by atoms with Gasteiger partial charge in [-0.2, -0.15) is 13.2 Å². The number of likely N-dealkylation sites (N-methyl/N-ethyl adjacent to an activating group) is 1. The molecule has 30 heavy (non-hydrogen) atoms. The second kappa shape index (κ2) is 9.06. The lowest BCUT2D eigenvalue weighted by Crippen LogP contribution is -2.38. The first-order valence-corrected chi connectivity index (χ1v) is 9.39. The van der Waals surface area contributed by atoms with Crippen LogP contribution in [0.4, 0.5) is 18.9 Å². The summed E-state index contributed by atoms with van der Waals surface area (Å²) in [7, 11) is 0. The van der Waals surface area contributed by atoms with Crippen molar-refractivity contribution in [2.45, 2.75) is 19.5 Å². The van der Waals surface area contributed by atoms with E-state index in [2.05, 4.69) is 5.32 Å². The van der Waals surface area contributed by atoms with Gasteiger partial charge in [0.15, 0.2) is 11.5 Å². The van der Waals surface area contributed by atoms with Gasteiger partial charge < -0.3 is 19.7 Å². The Kier molecular flexibility index (Phi) is 6.49. The van der Waals surface area contributed by atoms with Crippen LogP contribution in [-0.4, -0.2) is 43.0 Å². The van der Waals surface area contributed by atoms with Crippen molar-refractivity contribution in [2.24, 2.45) is 0 Å². The lowest BCUT2D eigenvalue weighted by molar-refractivity contribution is -0.137. The van der Waals surface area contributed by atoms with Crippen molar-refractivity contribution in [3.8, 4) is 11.5 Å². The molecule has 0 saturated heterocycles. The fraction of sp³-hybridized carbons (Fsp3) is 0.333. The van der Waals surface area contributed by atoms with E-state index in [0.29, 0.717) is 36.0 Å². The first kappa shape index (κ1) is 21.5. The molecule has 0 unspecified atom stereocenters. The third-order valence-corrected chi connectivity index (χ3v) is 4.53. The first-order chi connectivity index (χ1) is 14.3. The molecule has 0 fully saturated rings. The Morgan fingerprint density at radius 3 is 2.33 bits per heavy atom. The summed E-state index contributed by atoms with van der Waals surface area (Å²) in [6, 6.07) is 9.42. The van der Waals surface area contributed by atoms with Crippen molar-refractivity contribution >= 4 is 17.5 Å². The van der Waals surface area contributed by atoms with Crippen LogP contribution in [-0.2, 0) is 22.2 Å². The minimum Gasteiger partial charge on any atom is -0.486 e. The van der Waals surface area contributed by atoms with Gasteiger partial charge in [0.1, 0.15) is 13.2 Å². The van der Waals surface area contributed by atoms with E-state index in [-0.39, 0.29) is 25.4 Å². The zero-order valence-corrected chi connectivity index (χ0v) is 16.3. The molecule has 0 radical (unpaired) electrons. The average Bonchev–Trinajstić information content (AvgIpc) is 2.71. The van der Waals surface area contributed by atoms with E-state index >= 15 is 0 Å². The number of benzene rings is 2. The zero-order chi connectivity index (χ0) is 21.7. The summed E-state index contributed by atoms with van der Waals surface area (Å²) in [5.74, 6) is 0.384. The lowest BCUT2D eigenvalue weighted by atomic mass is 10.1. The number of nitrogens with one attached hydrogen (secondary N) is 1. The number of amides is 2. The van der Waals surface area contributed by atoms with Crippen LogP contribution in [0, 0.1) is 0 Å². The van der Waals surface area contributed by atoms with Gasteiger partial charge in [0.05, 0.1) is 18.5 Å². The first-order valence-electron chi connectivity index (χ1n) is 9.39. The fourth-order valence-corrected chi connectivity index (χ4v) is 2.97. The Morgan fingerprint density at radius 2 is 1.70 bits per heavy atom. The van der Waals surface area contributed by atoms with E-state index in [1.54, 1.807) is 25.1 Å². The van der Waals surface area contributed by atoms with Crippen LogP contribution in [0.2, 0.25) is 0 Å². The van der Waals surface area contributed by atoms with E-state index in [1.807, 2.05) is 0 Å². The SMILES string of the molecule is CCN(CC(=O)Nc1ccc2c(c1)OCCO2)C(=O)Cc1ccc(C(F)(F)F)cc1. The fourth-order valence-electron chi connectivity index (χ4n) is 2.97. The number of fused-ring (bicyclic) bond motifs is 1. The van der Waals surface area contributed by atoms with Crippen LogP contribution >= 0.6 is 0 Å². The molecule has 0 spiro atoms. The molecule has 0 saturated carbocycles. The van der Waals surface area contributed by atoms with E-state index in [9.17, 15) is 22.8 Å². The Hall–Kier alpha value is -3.23. The number of halogens is 3. The number of carbonyl (C=O) groups is 2. The normalized spacial score (nSPS) is 12.9. The average molecular weight is 422 g/mol. The van der Waals surface area contributed by atoms with E-state index in [0.717, 1.165) is 12.1 Å². The molecule has 3 rings (SSSR count). The van der Waals surface area contributed by atoms with Crippen molar-refractivity contribution < 1.29 is 32.2 Å². The monoisotopic (exact) mass is 422 g/mol. The van der Waals surface area contributed by atoms with Crippen molar-refractivity contribution in [3.05, 3.63) is 53.6 Å². The number of alkyl halides is 3. The quantitative estimate of drug-likeness (QED) is 0.774. The lowest BCUT2D eigenvalue weighted by Gasteiger charge is -2.21. The van der Waals surface area contributed by atoms with Crippen molar-refractivity contribution in [3.63, 3.8) is 0 Å². The zero-order valence-electron chi connectivity index (χ0n) is 16.3. The van der Waals surface area contributed by atoms with Crippen LogP contribution in [0.5, 0.6) is 11.5 Å². The Bertz CT molecular complexity index is 913. The summed E-state index contributed by atoms with van der Waals surface area (Å²) < 4.78 is 48.8. The summed E-state index contributed by atoms with van der Waals surface area (Å²) in [5, 5.41) is 2.71. The number of carbonyl (C=O) groups excluding carboxylic acids is 2. The molecule has 2 aromatic carbocycles. The van der Waals surface area contributed by atoms with Gasteiger partial charge in [-0.25, -0.2) is 0 Å². The number of ether oxygens (including phenoxy) is 2. The van der Waals surface area contributed by atoms with Crippen molar-refractivity contribution in [1.82, 2.24) is 4.90 Å². The minimum absolute atomic E-state index is 0.0940. The van der Waals surface area contributed by atoms with Gasteiger partial charge in [-0.3, -0.25) is 9.59 Å². The maximum Gasteiger partial charge on any atom is 0.416 e. The molecule has 1 aliphatic rings. The molecule has 1 aliphatic heterocycles. The molecule has 2 aromatic rings. The van der Waals surface area contributed by atoms with Gasteiger partial charge in [-0.15, -0.1) is 0 Å². The highest BCUT2D eigenvalue weighted by atomic mass is 19.4. The summed E-state index contributed by atoms with van der Waals surface area (Å²) in [5.41, 5.74) is 0.180. The van der Waals surface area contributed by atoms with Gasteiger partial charge in [0.2, 0.25) is 11.8 Å². The van der Waals surface area contributed by atoms with Crippen molar-refractivity contribution in [2.75, 3.05) is 31.6 Å². The minimum atomic E-state index is -4.43. The molecule has 2 amide bonds. The van der Waals surface area contributed by atoms with Gasteiger partial charge >= 0.3 is 6.18 Å². The van der Waals surface area contributed by atoms with Gasteiger partial charge in [-0.1, -0.05) is 12.1 Å². The summed E-state index contributed by atoms with van der Waals surface area (Å²) in [6.07, 6.45) is -4.52. The topological polar surface area (TPSA) is 67.9 Å². The second-order valence-electron chi connectivity index (χ2n) is 6.69. The highest BCUT2D eigenvalue weighted by Crippen LogP contribution is 2.32. The second-order valence-corrected chi connectivity index (χ2v) is 6.69.